The SMILES string of the molecule is COc1cc(C(=O)N/C(=N\OC(=O)c2cc(OC)c(O)c([N+](=O)[O-])c2)c2c(C)nc(C)c(Cl)c2C)cc([N+](=O)[O-])c1O. The van der Waals surface area contributed by atoms with E-state index in [1.807, 2.05) is 0 Å². The Labute approximate surface area is 241 Å². The Morgan fingerprint density at radius 3 is 1.90 bits per heavy atom. The highest BCUT2D eigenvalue weighted by atomic mass is 35.5. The predicted molar refractivity (Wildman–Crippen MR) is 146 cm³/mol. The fourth-order valence-corrected chi connectivity index (χ4v) is 3.97. The molecule has 3 N–H and O–H groups in total. The first kappa shape index (κ1) is 31.0. The highest BCUT2D eigenvalue weighted by molar-refractivity contribution is 6.32. The molecule has 1 heterocycles. The number of benzene rings is 2. The van der Waals surface area contributed by atoms with E-state index in [9.17, 15) is 40.0 Å². The van der Waals surface area contributed by atoms with Gasteiger partial charge in [-0.2, -0.15) is 0 Å². The lowest BCUT2D eigenvalue weighted by Crippen LogP contribution is -2.33. The number of nitrogens with one attached hydrogen (secondary N) is 1. The topological polar surface area (TPSA) is 226 Å². The lowest BCUT2D eigenvalue weighted by molar-refractivity contribution is -0.386. The number of amides is 1. The zero-order chi connectivity index (χ0) is 31.5. The molecular formula is C25H22ClN5O11. The summed E-state index contributed by atoms with van der Waals surface area (Å²) in [5, 5.41) is 49.1. The lowest BCUT2D eigenvalue weighted by Gasteiger charge is -2.16. The molecule has 0 aliphatic rings. The number of methoxy groups -OCH3 is 2. The third-order valence-electron chi connectivity index (χ3n) is 5.85. The minimum absolute atomic E-state index is 0.126. The van der Waals surface area contributed by atoms with Crippen molar-refractivity contribution < 1.29 is 44.0 Å². The van der Waals surface area contributed by atoms with Gasteiger partial charge in [-0.05, 0) is 38.5 Å². The molecule has 0 spiro atoms. The highest BCUT2D eigenvalue weighted by Crippen LogP contribution is 2.38. The number of ether oxygens (including phenoxy) is 2. The number of rotatable bonds is 8. The van der Waals surface area contributed by atoms with Crippen LogP contribution in [0.3, 0.4) is 0 Å². The standard InChI is InChI=1S/C25H22ClN5O11/c1-10-19(11(2)27-12(3)20(10)26)23(28-24(34)13-6-15(30(36)37)21(32)17(8-13)40-4)29-42-25(35)14-7-16(31(38)39)22(33)18(9-14)41-5/h6-9,32-33H,1-5H3,(H,28,29,34). The van der Waals surface area contributed by atoms with Crippen molar-refractivity contribution in [2.75, 3.05) is 14.2 Å². The van der Waals surface area contributed by atoms with E-state index in [0.717, 1.165) is 38.5 Å². The van der Waals surface area contributed by atoms with Crippen LogP contribution in [0.1, 0.15) is 43.2 Å². The Kier molecular flexibility index (Phi) is 9.12. The van der Waals surface area contributed by atoms with E-state index < -0.39 is 61.7 Å². The van der Waals surface area contributed by atoms with Crippen LogP contribution in [-0.2, 0) is 4.84 Å². The Hall–Kier alpha value is -5.51. The second-order valence-corrected chi connectivity index (χ2v) is 8.85. The minimum Gasteiger partial charge on any atom is -0.500 e. The number of hydrogen-bond acceptors (Lipinski definition) is 13. The molecule has 1 aromatic heterocycles. The van der Waals surface area contributed by atoms with Gasteiger partial charge in [-0.15, -0.1) is 0 Å². The number of aromatic nitrogens is 1. The van der Waals surface area contributed by atoms with Crippen LogP contribution in [0, 0.1) is 41.0 Å². The van der Waals surface area contributed by atoms with E-state index in [4.69, 9.17) is 25.9 Å². The number of phenolic OH excluding ortho intramolecular Hbond substituents is 2. The summed E-state index contributed by atoms with van der Waals surface area (Å²) in [6.45, 7) is 4.76. The van der Waals surface area contributed by atoms with Crippen LogP contribution in [0.2, 0.25) is 5.02 Å². The normalized spacial score (nSPS) is 11.0. The molecule has 3 aromatic rings. The van der Waals surface area contributed by atoms with Crippen molar-refractivity contribution in [3.63, 3.8) is 0 Å². The summed E-state index contributed by atoms with van der Waals surface area (Å²) in [6.07, 6.45) is 0. The van der Waals surface area contributed by atoms with Crippen molar-refractivity contribution in [2.45, 2.75) is 20.8 Å². The number of aromatic hydroxyl groups is 2. The fourth-order valence-electron chi connectivity index (χ4n) is 3.83. The average molecular weight is 604 g/mol. The van der Waals surface area contributed by atoms with Gasteiger partial charge in [0, 0.05) is 23.4 Å². The summed E-state index contributed by atoms with van der Waals surface area (Å²) < 4.78 is 9.81. The van der Waals surface area contributed by atoms with Crippen molar-refractivity contribution in [1.29, 1.82) is 0 Å². The monoisotopic (exact) mass is 603 g/mol. The zero-order valence-corrected chi connectivity index (χ0v) is 23.3. The van der Waals surface area contributed by atoms with Crippen molar-refractivity contribution >= 4 is 40.7 Å². The molecule has 17 heteroatoms. The summed E-state index contributed by atoms with van der Waals surface area (Å²) in [6, 6.07) is 3.53. The number of nitro benzene ring substituents is 2. The Balaban J connectivity index is 2.12. The van der Waals surface area contributed by atoms with E-state index in [0.29, 0.717) is 17.0 Å². The third-order valence-corrected chi connectivity index (χ3v) is 6.41. The maximum absolute atomic E-state index is 13.2. The zero-order valence-electron chi connectivity index (χ0n) is 22.5. The minimum atomic E-state index is -1.24. The number of nitro groups is 2. The Morgan fingerprint density at radius 1 is 0.905 bits per heavy atom. The number of nitrogens with zero attached hydrogens (tertiary/aromatic N) is 4. The number of oxime groups is 1. The molecule has 0 radical (unpaired) electrons. The van der Waals surface area contributed by atoms with Gasteiger partial charge in [0.2, 0.25) is 11.5 Å². The molecule has 0 atom stereocenters. The van der Waals surface area contributed by atoms with Gasteiger partial charge in [0.15, 0.2) is 17.3 Å². The van der Waals surface area contributed by atoms with Crippen LogP contribution in [0.15, 0.2) is 29.4 Å². The molecule has 3 rings (SSSR count). The van der Waals surface area contributed by atoms with E-state index >= 15 is 0 Å². The van der Waals surface area contributed by atoms with Gasteiger partial charge >= 0.3 is 17.3 Å². The molecule has 2 aromatic carbocycles. The Bertz CT molecular complexity index is 1670. The molecule has 220 valence electrons. The second kappa shape index (κ2) is 12.3. The van der Waals surface area contributed by atoms with Gasteiger partial charge in [-0.3, -0.25) is 30.0 Å². The highest BCUT2D eigenvalue weighted by Gasteiger charge is 2.27. The summed E-state index contributed by atoms with van der Waals surface area (Å²) in [5.41, 5.74) is -1.20. The van der Waals surface area contributed by atoms with E-state index in [1.165, 1.54) is 0 Å². The maximum Gasteiger partial charge on any atom is 0.366 e. The number of halogens is 1. The lowest BCUT2D eigenvalue weighted by atomic mass is 10.0. The molecule has 0 saturated heterocycles. The number of phenols is 2. The smallest absolute Gasteiger partial charge is 0.366 e. The summed E-state index contributed by atoms with van der Waals surface area (Å²) in [4.78, 5) is 56.2. The first-order valence-electron chi connectivity index (χ1n) is 11.6. The van der Waals surface area contributed by atoms with Gasteiger partial charge in [0.05, 0.1) is 45.9 Å². The number of hydrogen-bond donors (Lipinski definition) is 3. The summed E-state index contributed by atoms with van der Waals surface area (Å²) >= 11 is 6.36. The van der Waals surface area contributed by atoms with Gasteiger partial charge in [0.25, 0.3) is 5.91 Å². The van der Waals surface area contributed by atoms with Crippen LogP contribution in [0.5, 0.6) is 23.0 Å². The summed E-state index contributed by atoms with van der Waals surface area (Å²) in [7, 11) is 2.24. The number of amidine groups is 1. The quantitative estimate of drug-likeness (QED) is 0.110. The Morgan fingerprint density at radius 2 is 1.40 bits per heavy atom. The van der Waals surface area contributed by atoms with E-state index in [2.05, 4.69) is 15.5 Å². The van der Waals surface area contributed by atoms with Crippen molar-refractivity contribution in [3.8, 4) is 23.0 Å². The molecule has 0 bridgehead atoms. The van der Waals surface area contributed by atoms with Gasteiger partial charge in [0.1, 0.15) is 0 Å². The van der Waals surface area contributed by atoms with Crippen LogP contribution in [-0.4, -0.2) is 57.0 Å². The van der Waals surface area contributed by atoms with Gasteiger partial charge in [-0.1, -0.05) is 16.8 Å². The fraction of sp³-hybridized carbons (Fsp3) is 0.200. The molecule has 0 fully saturated rings. The van der Waals surface area contributed by atoms with Crippen molar-refractivity contribution in [3.05, 3.63) is 83.2 Å². The van der Waals surface area contributed by atoms with Crippen LogP contribution < -0.4 is 14.8 Å². The molecule has 0 unspecified atom stereocenters. The van der Waals surface area contributed by atoms with E-state index in [1.54, 1.807) is 20.8 Å². The first-order chi connectivity index (χ1) is 19.7. The number of carbonyl (C=O) groups is 2. The summed E-state index contributed by atoms with van der Waals surface area (Å²) in [5.74, 6) is -5.03. The second-order valence-electron chi connectivity index (χ2n) is 8.48. The molecule has 1 amide bonds. The molecule has 42 heavy (non-hydrogen) atoms. The predicted octanol–water partition coefficient (Wildman–Crippen LogP) is 3.85. The average Bonchev–Trinajstić information content (AvgIpc) is 2.94. The number of aryl methyl sites for hydroxylation is 2. The number of carbonyl (C=O) groups excluding carboxylic acids is 2. The molecule has 16 nitrogen and oxygen atoms in total. The third kappa shape index (κ3) is 6.12. The molecular weight excluding hydrogens is 582 g/mol. The van der Waals surface area contributed by atoms with Gasteiger partial charge in [-0.25, -0.2) is 4.79 Å². The van der Waals surface area contributed by atoms with E-state index in [-0.39, 0.29) is 21.9 Å². The van der Waals surface area contributed by atoms with Crippen molar-refractivity contribution in [2.24, 2.45) is 5.16 Å². The molecule has 0 saturated carbocycles. The molecule has 0 aliphatic carbocycles. The first-order valence-corrected chi connectivity index (χ1v) is 11.9. The van der Waals surface area contributed by atoms with Gasteiger partial charge < -0.3 is 29.8 Å². The molecule has 0 aliphatic heterocycles. The largest absolute Gasteiger partial charge is 0.500 e. The van der Waals surface area contributed by atoms with Crippen LogP contribution in [0.4, 0.5) is 11.4 Å². The maximum atomic E-state index is 13.2. The van der Waals surface area contributed by atoms with Crippen LogP contribution in [0.25, 0.3) is 0 Å². The van der Waals surface area contributed by atoms with Crippen molar-refractivity contribution in [1.82, 2.24) is 10.3 Å². The number of pyridine rings is 1. The van der Waals surface area contributed by atoms with Crippen LogP contribution >= 0.6 is 11.6 Å².